The van der Waals surface area contributed by atoms with Crippen molar-refractivity contribution in [1.29, 1.82) is 0 Å². The highest BCUT2D eigenvalue weighted by Crippen LogP contribution is 2.30. The van der Waals surface area contributed by atoms with Gasteiger partial charge in [-0.1, -0.05) is 29.8 Å². The first kappa shape index (κ1) is 16.7. The summed E-state index contributed by atoms with van der Waals surface area (Å²) >= 11 is 0. The van der Waals surface area contributed by atoms with E-state index in [1.165, 1.54) is 5.56 Å². The van der Waals surface area contributed by atoms with Crippen molar-refractivity contribution >= 4 is 22.7 Å². The number of aromatic nitrogens is 3. The molecule has 2 heterocycles. The summed E-state index contributed by atoms with van der Waals surface area (Å²) in [5, 5.41) is 13.8. The minimum atomic E-state index is -0.176. The number of aryl methyl sites for hydroxylation is 1. The van der Waals surface area contributed by atoms with Crippen molar-refractivity contribution in [3.05, 3.63) is 42.2 Å². The average Bonchev–Trinajstić information content (AvgIpc) is 2.65. The lowest BCUT2D eigenvalue weighted by Gasteiger charge is -2.26. The predicted molar refractivity (Wildman–Crippen MR) is 104 cm³/mol. The molecule has 134 valence electrons. The SMILES string of the molecule is Cc1ccc(-c2cnc(N)c3cnc(NC4CCC(O)CC4)nc23)cc1. The van der Waals surface area contributed by atoms with Crippen LogP contribution in [0.4, 0.5) is 11.8 Å². The second-order valence-corrected chi connectivity index (χ2v) is 7.03. The van der Waals surface area contributed by atoms with E-state index >= 15 is 0 Å². The third kappa shape index (κ3) is 3.32. The van der Waals surface area contributed by atoms with Crippen LogP contribution in [0.5, 0.6) is 0 Å². The van der Waals surface area contributed by atoms with Crippen molar-refractivity contribution < 1.29 is 5.11 Å². The number of nitrogens with zero attached hydrogens (tertiary/aromatic N) is 3. The Hall–Kier alpha value is -2.73. The smallest absolute Gasteiger partial charge is 0.223 e. The third-order valence-electron chi connectivity index (χ3n) is 5.05. The van der Waals surface area contributed by atoms with Crippen LogP contribution >= 0.6 is 0 Å². The standard InChI is InChI=1S/C20H23N5O/c1-12-2-4-13(5-3-12)16-10-22-19(21)17-11-23-20(25-18(16)17)24-14-6-8-15(26)9-7-14/h2-5,10-11,14-15,26H,6-9H2,1H3,(H2,21,22)(H,23,24,25). The van der Waals surface area contributed by atoms with Gasteiger partial charge in [-0.3, -0.25) is 0 Å². The Morgan fingerprint density at radius 3 is 2.50 bits per heavy atom. The second kappa shape index (κ2) is 6.88. The van der Waals surface area contributed by atoms with Crippen LogP contribution in [0.1, 0.15) is 31.2 Å². The molecule has 1 aliphatic carbocycles. The van der Waals surface area contributed by atoms with Crippen LogP contribution in [0.3, 0.4) is 0 Å². The number of nitrogen functional groups attached to an aromatic ring is 1. The van der Waals surface area contributed by atoms with Crippen molar-refractivity contribution in [3.8, 4) is 11.1 Å². The Morgan fingerprint density at radius 2 is 1.77 bits per heavy atom. The summed E-state index contributed by atoms with van der Waals surface area (Å²) in [5.74, 6) is 1.03. The Kier molecular flexibility index (Phi) is 4.42. The first-order chi connectivity index (χ1) is 12.6. The molecule has 0 amide bonds. The van der Waals surface area contributed by atoms with Crippen LogP contribution in [0.2, 0.25) is 0 Å². The maximum Gasteiger partial charge on any atom is 0.223 e. The average molecular weight is 349 g/mol. The number of hydrogen-bond donors (Lipinski definition) is 3. The molecule has 1 aliphatic rings. The van der Waals surface area contributed by atoms with Gasteiger partial charge < -0.3 is 16.2 Å². The zero-order valence-electron chi connectivity index (χ0n) is 14.8. The molecule has 0 saturated heterocycles. The molecule has 26 heavy (non-hydrogen) atoms. The van der Waals surface area contributed by atoms with E-state index in [9.17, 15) is 5.11 Å². The molecule has 0 bridgehead atoms. The number of hydrogen-bond acceptors (Lipinski definition) is 6. The van der Waals surface area contributed by atoms with Gasteiger partial charge in [0.15, 0.2) is 0 Å². The summed E-state index contributed by atoms with van der Waals surface area (Å²) in [6, 6.07) is 8.58. The number of rotatable bonds is 3. The lowest BCUT2D eigenvalue weighted by molar-refractivity contribution is 0.126. The molecule has 6 nitrogen and oxygen atoms in total. The van der Waals surface area contributed by atoms with Gasteiger partial charge in [-0.2, -0.15) is 0 Å². The number of fused-ring (bicyclic) bond motifs is 1. The van der Waals surface area contributed by atoms with Gasteiger partial charge in [-0.05, 0) is 38.2 Å². The maximum absolute atomic E-state index is 9.67. The Morgan fingerprint density at radius 1 is 1.04 bits per heavy atom. The number of benzene rings is 1. The quantitative estimate of drug-likeness (QED) is 0.671. The fourth-order valence-corrected chi connectivity index (χ4v) is 3.46. The Balaban J connectivity index is 1.71. The van der Waals surface area contributed by atoms with Crippen LogP contribution in [-0.4, -0.2) is 32.2 Å². The molecule has 4 rings (SSSR count). The number of nitrogens with one attached hydrogen (secondary N) is 1. The molecular weight excluding hydrogens is 326 g/mol. The first-order valence-electron chi connectivity index (χ1n) is 9.03. The van der Waals surface area contributed by atoms with Crippen molar-refractivity contribution in [2.75, 3.05) is 11.1 Å². The summed E-state index contributed by atoms with van der Waals surface area (Å²) < 4.78 is 0. The number of anilines is 2. The Labute approximate surface area is 152 Å². The van der Waals surface area contributed by atoms with Crippen LogP contribution in [0.15, 0.2) is 36.7 Å². The van der Waals surface area contributed by atoms with Gasteiger partial charge in [0.25, 0.3) is 0 Å². The summed E-state index contributed by atoms with van der Waals surface area (Å²) in [5.41, 5.74) is 10.0. The molecule has 0 aliphatic heterocycles. The van der Waals surface area contributed by atoms with Gasteiger partial charge in [0.1, 0.15) is 5.82 Å². The minimum Gasteiger partial charge on any atom is -0.393 e. The van der Waals surface area contributed by atoms with E-state index in [1.807, 2.05) is 0 Å². The molecule has 0 radical (unpaired) electrons. The number of pyridine rings is 1. The maximum atomic E-state index is 9.67. The summed E-state index contributed by atoms with van der Waals surface area (Å²) in [4.78, 5) is 13.5. The zero-order chi connectivity index (χ0) is 18.1. The van der Waals surface area contributed by atoms with Gasteiger partial charge in [0.2, 0.25) is 5.95 Å². The zero-order valence-corrected chi connectivity index (χ0v) is 14.8. The van der Waals surface area contributed by atoms with Gasteiger partial charge in [-0.15, -0.1) is 0 Å². The van der Waals surface area contributed by atoms with Crippen LogP contribution < -0.4 is 11.1 Å². The van der Waals surface area contributed by atoms with E-state index in [2.05, 4.69) is 46.5 Å². The summed E-state index contributed by atoms with van der Waals surface area (Å²) in [6.07, 6.45) is 6.81. The first-order valence-corrected chi connectivity index (χ1v) is 9.03. The topological polar surface area (TPSA) is 97.0 Å². The number of aliphatic hydroxyl groups excluding tert-OH is 1. The predicted octanol–water partition coefficient (Wildman–Crippen LogP) is 3.30. The fourth-order valence-electron chi connectivity index (χ4n) is 3.46. The third-order valence-corrected chi connectivity index (χ3v) is 5.05. The molecule has 0 atom stereocenters. The van der Waals surface area contributed by atoms with E-state index in [4.69, 9.17) is 10.7 Å². The van der Waals surface area contributed by atoms with Gasteiger partial charge in [0.05, 0.1) is 17.0 Å². The Bertz CT molecular complexity index is 917. The molecule has 4 N–H and O–H groups in total. The summed E-state index contributed by atoms with van der Waals surface area (Å²) in [7, 11) is 0. The fraction of sp³-hybridized carbons (Fsp3) is 0.350. The molecule has 1 fully saturated rings. The second-order valence-electron chi connectivity index (χ2n) is 7.03. The van der Waals surface area contributed by atoms with E-state index in [-0.39, 0.29) is 12.1 Å². The minimum absolute atomic E-state index is 0.176. The van der Waals surface area contributed by atoms with Crippen molar-refractivity contribution in [2.45, 2.75) is 44.8 Å². The molecule has 0 unspecified atom stereocenters. The molecule has 3 aromatic rings. The van der Waals surface area contributed by atoms with Crippen LogP contribution in [0.25, 0.3) is 22.0 Å². The van der Waals surface area contributed by atoms with Crippen LogP contribution in [-0.2, 0) is 0 Å². The molecule has 6 heteroatoms. The van der Waals surface area contributed by atoms with E-state index in [1.54, 1.807) is 12.4 Å². The highest BCUT2D eigenvalue weighted by Gasteiger charge is 2.20. The van der Waals surface area contributed by atoms with Gasteiger partial charge in [0, 0.05) is 24.0 Å². The normalized spacial score (nSPS) is 20.2. The van der Waals surface area contributed by atoms with Crippen molar-refractivity contribution in [1.82, 2.24) is 15.0 Å². The summed E-state index contributed by atoms with van der Waals surface area (Å²) in [6.45, 7) is 2.06. The molecular formula is C20H23N5O. The molecule has 1 aromatic carbocycles. The molecule has 1 saturated carbocycles. The highest BCUT2D eigenvalue weighted by molar-refractivity contribution is 5.98. The lowest BCUT2D eigenvalue weighted by atomic mass is 9.93. The van der Waals surface area contributed by atoms with Gasteiger partial charge in [-0.25, -0.2) is 15.0 Å². The lowest BCUT2D eigenvalue weighted by Crippen LogP contribution is -2.28. The molecule has 0 spiro atoms. The van der Waals surface area contributed by atoms with E-state index < -0.39 is 0 Å². The van der Waals surface area contributed by atoms with Crippen molar-refractivity contribution in [3.63, 3.8) is 0 Å². The number of aliphatic hydroxyl groups is 1. The number of nitrogens with two attached hydrogens (primary N) is 1. The highest BCUT2D eigenvalue weighted by atomic mass is 16.3. The van der Waals surface area contributed by atoms with E-state index in [0.717, 1.165) is 47.7 Å². The van der Waals surface area contributed by atoms with E-state index in [0.29, 0.717) is 11.8 Å². The van der Waals surface area contributed by atoms with Gasteiger partial charge >= 0.3 is 0 Å². The largest absolute Gasteiger partial charge is 0.393 e. The van der Waals surface area contributed by atoms with Crippen LogP contribution in [0, 0.1) is 6.92 Å². The monoisotopic (exact) mass is 349 g/mol. The molecule has 2 aromatic heterocycles. The van der Waals surface area contributed by atoms with Crippen molar-refractivity contribution in [2.24, 2.45) is 0 Å².